The molecule has 5 amide bonds. The largest absolute Gasteiger partial charge is 0.495 e. The molecule has 2 saturated heterocycles. The Morgan fingerprint density at radius 1 is 0.882 bits per heavy atom. The van der Waals surface area contributed by atoms with E-state index in [1.165, 1.54) is 29.2 Å². The van der Waals surface area contributed by atoms with E-state index in [2.05, 4.69) is 36.1 Å². The first kappa shape index (κ1) is 53.4. The fraction of sp³-hybridized carbons (Fsp3) is 0.397. The van der Waals surface area contributed by atoms with Gasteiger partial charge in [-0.1, -0.05) is 45.0 Å². The molecular formula is C58H65FN8O8S. The third-order valence-corrected chi connectivity index (χ3v) is 15.7. The molecule has 16 nitrogen and oxygen atoms in total. The van der Waals surface area contributed by atoms with E-state index in [9.17, 15) is 33.5 Å². The number of anilines is 3. The predicted octanol–water partition coefficient (Wildman–Crippen LogP) is 9.16. The zero-order chi connectivity index (χ0) is 53.7. The number of aromatic nitrogens is 2. The van der Waals surface area contributed by atoms with Crippen LogP contribution in [0.5, 0.6) is 17.2 Å². The zero-order valence-electron chi connectivity index (χ0n) is 43.5. The third kappa shape index (κ3) is 12.3. The number of carbonyl (C=O) groups excluding carboxylic acids is 5. The monoisotopic (exact) mass is 1050 g/mol. The molecular weight excluding hydrogens is 988 g/mol. The third-order valence-electron chi connectivity index (χ3n) is 14.7. The fourth-order valence-corrected chi connectivity index (χ4v) is 10.9. The van der Waals surface area contributed by atoms with Crippen molar-refractivity contribution in [2.45, 2.75) is 104 Å². The number of aryl methyl sites for hydroxylation is 1. The molecule has 4 aromatic carbocycles. The number of nitrogens with one attached hydrogen (secondary N) is 4. The Labute approximate surface area is 445 Å². The minimum atomic E-state index is -1.19. The van der Waals surface area contributed by atoms with Crippen molar-refractivity contribution in [3.63, 3.8) is 0 Å². The smallest absolute Gasteiger partial charge is 0.246 e. The topological polar surface area (TPSA) is 204 Å². The highest BCUT2D eigenvalue weighted by Gasteiger charge is 2.56. The highest BCUT2D eigenvalue weighted by molar-refractivity contribution is 7.13. The molecule has 76 heavy (non-hydrogen) atoms. The van der Waals surface area contributed by atoms with Crippen LogP contribution in [0.3, 0.4) is 0 Å². The molecule has 1 aliphatic carbocycles. The van der Waals surface area contributed by atoms with Gasteiger partial charge in [-0.2, -0.15) is 0 Å². The standard InChI is InChI=1S/C58H65FN8O8S/c1-35-51(76-34-62-35)38-11-9-37(10-12-38)32-61-53(70)47-29-42(68)33-67(47)54(71)52(57(2,3)4)65-50(69)8-6-7-36-22-27-66(28-23-36)46-31-45-44(30-49(46)74-5)48(21-26-60-45)75-43-19-17-41(18-20-43)64-56(73)58(24-25-58)55(72)63-40-15-13-39(59)14-16-40/h9-21,26,30-31,34,36,42,47,52,68H,6-8,22-25,27-29,32-33H2,1-5H3,(H,61,70)(H,63,72)(H,64,73)(H,65,69)/t42-,47+,52-/m1/s1. The van der Waals surface area contributed by atoms with Crippen LogP contribution in [0.2, 0.25) is 0 Å². The van der Waals surface area contributed by atoms with Gasteiger partial charge in [0.1, 0.15) is 40.6 Å². The van der Waals surface area contributed by atoms with E-state index in [1.54, 1.807) is 55.0 Å². The SMILES string of the molecule is COc1cc2c(Oc3ccc(NC(=O)C4(C(=O)Nc5ccc(F)cc5)CC4)cc3)ccnc2cc1N1CCC(CCCC(=O)N[C@H](C(=O)N2C[C@H](O)C[C@H]2C(=O)NCc2ccc(-c3scnc3C)cc2)C(C)(C)C)CC1. The van der Waals surface area contributed by atoms with Crippen LogP contribution < -0.4 is 35.6 Å². The maximum atomic E-state index is 14.2. The number of nitrogens with zero attached hydrogens (tertiary/aromatic N) is 4. The summed E-state index contributed by atoms with van der Waals surface area (Å²) in [5.41, 5.74) is 5.47. The number of β-amino-alcohol motifs (C(OH)–C–C–N with tert-alkyl or cyclic N) is 1. The van der Waals surface area contributed by atoms with E-state index in [0.29, 0.717) is 53.8 Å². The van der Waals surface area contributed by atoms with Crippen LogP contribution in [0.25, 0.3) is 21.3 Å². The highest BCUT2D eigenvalue weighted by atomic mass is 32.1. The molecule has 2 aromatic heterocycles. The minimum absolute atomic E-state index is 0.00786. The number of aliphatic hydroxyl groups is 1. The van der Waals surface area contributed by atoms with Gasteiger partial charge in [-0.15, -0.1) is 11.3 Å². The Kier molecular flexibility index (Phi) is 16.0. The summed E-state index contributed by atoms with van der Waals surface area (Å²) in [4.78, 5) is 81.4. The van der Waals surface area contributed by atoms with Gasteiger partial charge in [0.2, 0.25) is 29.5 Å². The minimum Gasteiger partial charge on any atom is -0.495 e. The number of aliphatic hydroxyl groups excluding tert-OH is 1. The average Bonchev–Trinajstić information content (AvgIpc) is 3.99. The summed E-state index contributed by atoms with van der Waals surface area (Å²) in [5.74, 6) is -0.0368. The van der Waals surface area contributed by atoms with Crippen molar-refractivity contribution < 1.29 is 42.9 Å². The first-order valence-corrected chi connectivity index (χ1v) is 26.8. The molecule has 3 fully saturated rings. The van der Waals surface area contributed by atoms with Crippen molar-refractivity contribution in [3.05, 3.63) is 120 Å². The number of rotatable bonds is 18. The fourth-order valence-electron chi connectivity index (χ4n) is 10.1. The summed E-state index contributed by atoms with van der Waals surface area (Å²) >= 11 is 1.58. The second-order valence-electron chi connectivity index (χ2n) is 21.2. The number of piperidine rings is 1. The van der Waals surface area contributed by atoms with E-state index >= 15 is 0 Å². The van der Waals surface area contributed by atoms with Gasteiger partial charge in [-0.05, 0) is 135 Å². The molecule has 18 heteroatoms. The summed E-state index contributed by atoms with van der Waals surface area (Å²) in [5, 5.41) is 23.0. The van der Waals surface area contributed by atoms with Gasteiger partial charge >= 0.3 is 0 Å². The Bertz CT molecular complexity index is 3080. The number of fused-ring (bicyclic) bond motifs is 1. The Hall–Kier alpha value is -7.44. The van der Waals surface area contributed by atoms with Crippen LogP contribution in [0, 0.1) is 29.5 Å². The van der Waals surface area contributed by atoms with E-state index < -0.39 is 46.6 Å². The number of hydrogen-bond acceptors (Lipinski definition) is 12. The van der Waals surface area contributed by atoms with Crippen molar-refractivity contribution in [1.82, 2.24) is 25.5 Å². The van der Waals surface area contributed by atoms with Crippen LogP contribution in [-0.2, 0) is 30.5 Å². The Morgan fingerprint density at radius 2 is 1.55 bits per heavy atom. The van der Waals surface area contributed by atoms with Crippen LogP contribution in [0.1, 0.15) is 83.4 Å². The summed E-state index contributed by atoms with van der Waals surface area (Å²) in [6.45, 7) is 9.48. The molecule has 0 bridgehead atoms. The van der Waals surface area contributed by atoms with Crippen molar-refractivity contribution in [1.29, 1.82) is 0 Å². The lowest BCUT2D eigenvalue weighted by molar-refractivity contribution is -0.144. The van der Waals surface area contributed by atoms with Crippen molar-refractivity contribution in [2.75, 3.05) is 42.3 Å². The van der Waals surface area contributed by atoms with Crippen molar-refractivity contribution >= 4 is 68.8 Å². The van der Waals surface area contributed by atoms with E-state index in [0.717, 1.165) is 70.6 Å². The van der Waals surface area contributed by atoms with E-state index in [1.807, 2.05) is 69.6 Å². The predicted molar refractivity (Wildman–Crippen MR) is 291 cm³/mol. The number of ether oxygens (including phenoxy) is 2. The van der Waals surface area contributed by atoms with E-state index in [4.69, 9.17) is 9.47 Å². The van der Waals surface area contributed by atoms with Crippen LogP contribution >= 0.6 is 11.3 Å². The van der Waals surface area contributed by atoms with E-state index in [-0.39, 0.29) is 43.7 Å². The summed E-state index contributed by atoms with van der Waals surface area (Å²) < 4.78 is 25.6. The lowest BCUT2D eigenvalue weighted by atomic mass is 9.85. The number of hydrogen-bond donors (Lipinski definition) is 5. The number of halogens is 1. The maximum absolute atomic E-state index is 14.2. The molecule has 0 radical (unpaired) electrons. The zero-order valence-corrected chi connectivity index (χ0v) is 44.3. The normalized spacial score (nSPS) is 17.7. The molecule has 2 aliphatic heterocycles. The van der Waals surface area contributed by atoms with Gasteiger partial charge < -0.3 is 45.6 Å². The Balaban J connectivity index is 0.740. The average molecular weight is 1050 g/mol. The molecule has 398 valence electrons. The lowest BCUT2D eigenvalue weighted by Crippen LogP contribution is -2.57. The van der Waals surface area contributed by atoms with Gasteiger partial charge in [0.25, 0.3) is 0 Å². The molecule has 9 rings (SSSR count). The molecule has 1 saturated carbocycles. The van der Waals surface area contributed by atoms with Crippen molar-refractivity contribution in [2.24, 2.45) is 16.7 Å². The van der Waals surface area contributed by atoms with Gasteiger partial charge in [0.05, 0.1) is 40.5 Å². The molecule has 6 aromatic rings. The number of methoxy groups -OCH3 is 1. The molecule has 3 aliphatic rings. The van der Waals surface area contributed by atoms with Gasteiger partial charge in [0.15, 0.2) is 0 Å². The van der Waals surface area contributed by atoms with Crippen LogP contribution in [-0.4, -0.2) is 94.4 Å². The lowest BCUT2D eigenvalue weighted by Gasteiger charge is -2.35. The summed E-state index contributed by atoms with van der Waals surface area (Å²) in [7, 11) is 1.64. The molecule has 0 unspecified atom stereocenters. The second kappa shape index (κ2) is 22.8. The van der Waals surface area contributed by atoms with Crippen LogP contribution in [0.4, 0.5) is 21.5 Å². The summed E-state index contributed by atoms with van der Waals surface area (Å²) in [6.07, 6.45) is 5.36. The first-order chi connectivity index (χ1) is 36.5. The summed E-state index contributed by atoms with van der Waals surface area (Å²) in [6, 6.07) is 24.2. The Morgan fingerprint density at radius 3 is 2.17 bits per heavy atom. The number of likely N-dealkylation sites (tertiary alicyclic amines) is 1. The van der Waals surface area contributed by atoms with Gasteiger partial charge in [-0.25, -0.2) is 9.37 Å². The number of carbonyl (C=O) groups is 5. The van der Waals surface area contributed by atoms with Gasteiger partial charge in [-0.3, -0.25) is 29.0 Å². The van der Waals surface area contributed by atoms with Crippen molar-refractivity contribution in [3.8, 4) is 27.7 Å². The maximum Gasteiger partial charge on any atom is 0.246 e. The second-order valence-corrected chi connectivity index (χ2v) is 22.1. The van der Waals surface area contributed by atoms with Crippen LogP contribution in [0.15, 0.2) is 103 Å². The highest BCUT2D eigenvalue weighted by Crippen LogP contribution is 2.48. The number of pyridine rings is 1. The molecule has 3 atom stereocenters. The molecule has 4 heterocycles. The number of benzene rings is 4. The first-order valence-electron chi connectivity index (χ1n) is 25.9. The van der Waals surface area contributed by atoms with Gasteiger partial charge in [0, 0.05) is 62.0 Å². The quantitative estimate of drug-likeness (QED) is 0.0514. The molecule has 0 spiro atoms. The molecule has 5 N–H and O–H groups in total. The number of thiazole rings is 1. The number of amides is 5.